The van der Waals surface area contributed by atoms with E-state index in [1.54, 1.807) is 12.1 Å². The van der Waals surface area contributed by atoms with Gasteiger partial charge in [-0.3, -0.25) is 0 Å². The van der Waals surface area contributed by atoms with Gasteiger partial charge in [0.2, 0.25) is 0 Å². The van der Waals surface area contributed by atoms with Crippen LogP contribution in [0.2, 0.25) is 0 Å². The van der Waals surface area contributed by atoms with Gasteiger partial charge in [-0.25, -0.2) is 0 Å². The fourth-order valence-corrected chi connectivity index (χ4v) is 3.58. The molecule has 6 heteroatoms. The number of benzene rings is 2. The maximum Gasteiger partial charge on any atom is 0.573 e. The molecule has 1 fully saturated rings. The average Bonchev–Trinajstić information content (AvgIpc) is 2.67. The summed E-state index contributed by atoms with van der Waals surface area (Å²) in [4.78, 5) is 0. The molecule has 1 aliphatic rings. The van der Waals surface area contributed by atoms with Crippen LogP contribution in [0, 0.1) is 0 Å². The lowest BCUT2D eigenvalue weighted by Gasteiger charge is -2.34. The zero-order valence-corrected chi connectivity index (χ0v) is 15.4. The molecule has 3 nitrogen and oxygen atoms in total. The van der Waals surface area contributed by atoms with E-state index in [1.165, 1.54) is 11.6 Å². The van der Waals surface area contributed by atoms with E-state index in [-0.39, 0.29) is 17.8 Å². The molecule has 2 unspecified atom stereocenters. The molecule has 2 N–H and O–H groups in total. The van der Waals surface area contributed by atoms with Crippen LogP contribution < -0.4 is 15.4 Å². The Bertz CT molecular complexity index is 734. The first-order valence-electron chi connectivity index (χ1n) is 9.35. The lowest BCUT2D eigenvalue weighted by Crippen LogP contribution is -2.45. The van der Waals surface area contributed by atoms with Crippen molar-refractivity contribution >= 4 is 0 Å². The largest absolute Gasteiger partial charge is 0.573 e. The Kier molecular flexibility index (Phi) is 6.39. The summed E-state index contributed by atoms with van der Waals surface area (Å²) in [5.74, 6) is -0.132. The summed E-state index contributed by atoms with van der Waals surface area (Å²) in [5, 5.41) is 6.98. The first-order chi connectivity index (χ1) is 13.0. The zero-order valence-electron chi connectivity index (χ0n) is 15.4. The van der Waals surface area contributed by atoms with Crippen LogP contribution in [0.3, 0.4) is 0 Å². The molecule has 27 heavy (non-hydrogen) atoms. The molecule has 0 aromatic heterocycles. The van der Waals surface area contributed by atoms with Gasteiger partial charge in [-0.15, -0.1) is 13.2 Å². The molecule has 2 aromatic carbocycles. The zero-order chi connectivity index (χ0) is 19.3. The molecule has 3 rings (SSSR count). The summed E-state index contributed by atoms with van der Waals surface area (Å²) < 4.78 is 42.4. The topological polar surface area (TPSA) is 33.3 Å². The van der Waals surface area contributed by atoms with E-state index in [9.17, 15) is 13.2 Å². The van der Waals surface area contributed by atoms with E-state index in [0.717, 1.165) is 31.4 Å². The van der Waals surface area contributed by atoms with Crippen molar-refractivity contribution in [2.75, 3.05) is 6.54 Å². The molecular weight excluding hydrogens is 353 g/mol. The maximum absolute atomic E-state index is 12.7. The number of hydrogen-bond acceptors (Lipinski definition) is 3. The minimum absolute atomic E-state index is 0.132. The quantitative estimate of drug-likeness (QED) is 0.762. The molecule has 0 saturated carbocycles. The summed E-state index contributed by atoms with van der Waals surface area (Å²) in [6.45, 7) is 3.24. The van der Waals surface area contributed by atoms with Crippen molar-refractivity contribution in [1.82, 2.24) is 10.6 Å². The Balaban J connectivity index is 1.76. The number of ether oxygens (including phenoxy) is 1. The van der Waals surface area contributed by atoms with E-state index in [0.29, 0.717) is 12.1 Å². The predicted molar refractivity (Wildman–Crippen MR) is 99.6 cm³/mol. The highest BCUT2D eigenvalue weighted by Crippen LogP contribution is 2.29. The average molecular weight is 378 g/mol. The van der Waals surface area contributed by atoms with Crippen molar-refractivity contribution in [2.24, 2.45) is 0 Å². The van der Waals surface area contributed by atoms with Gasteiger partial charge in [0.25, 0.3) is 0 Å². The number of hydrogen-bond donors (Lipinski definition) is 2. The number of piperidine rings is 1. The van der Waals surface area contributed by atoms with Gasteiger partial charge in [-0.05, 0) is 43.0 Å². The molecule has 0 aliphatic carbocycles. The molecule has 1 saturated heterocycles. The van der Waals surface area contributed by atoms with E-state index in [2.05, 4.69) is 27.5 Å². The second-order valence-electron chi connectivity index (χ2n) is 6.82. The first kappa shape index (κ1) is 19.7. The Morgan fingerprint density at radius 3 is 2.63 bits per heavy atom. The number of alkyl halides is 3. The standard InChI is InChI=1S/C21H25F3N2O/c1-2-15-10-11-19(27-21(22,23)24)17(13-15)14-26-18-9-6-12-25-20(18)16-7-4-3-5-8-16/h3-5,7-8,10-11,13,18,20,25-26H,2,6,9,12,14H2,1H3. The SMILES string of the molecule is CCc1ccc(OC(F)(F)F)c(CNC2CCCNC2c2ccccc2)c1. The number of nitrogens with one attached hydrogen (secondary N) is 2. The van der Waals surface area contributed by atoms with Crippen molar-refractivity contribution in [3.8, 4) is 5.75 Å². The monoisotopic (exact) mass is 378 g/mol. The van der Waals surface area contributed by atoms with Gasteiger partial charge < -0.3 is 15.4 Å². The van der Waals surface area contributed by atoms with E-state index >= 15 is 0 Å². The predicted octanol–water partition coefficient (Wildman–Crippen LogP) is 4.73. The summed E-state index contributed by atoms with van der Waals surface area (Å²) in [6, 6.07) is 15.3. The fraction of sp³-hybridized carbons (Fsp3) is 0.429. The normalized spacial score (nSPS) is 20.4. The minimum atomic E-state index is -4.69. The molecular formula is C21H25F3N2O. The molecule has 0 bridgehead atoms. The Labute approximate surface area is 157 Å². The van der Waals surface area contributed by atoms with Gasteiger partial charge in [-0.2, -0.15) is 0 Å². The van der Waals surface area contributed by atoms with E-state index in [1.807, 2.05) is 25.1 Å². The number of rotatable bonds is 6. The Morgan fingerprint density at radius 1 is 1.15 bits per heavy atom. The molecule has 0 radical (unpaired) electrons. The maximum atomic E-state index is 12.7. The van der Waals surface area contributed by atoms with Crippen LogP contribution in [0.4, 0.5) is 13.2 Å². The summed E-state index contributed by atoms with van der Waals surface area (Å²) >= 11 is 0. The van der Waals surface area contributed by atoms with Crippen LogP contribution in [-0.4, -0.2) is 18.9 Å². The molecule has 0 amide bonds. The van der Waals surface area contributed by atoms with Crippen molar-refractivity contribution < 1.29 is 17.9 Å². The van der Waals surface area contributed by atoms with Gasteiger partial charge in [0.15, 0.2) is 0 Å². The first-order valence-corrected chi connectivity index (χ1v) is 9.35. The van der Waals surface area contributed by atoms with Gasteiger partial charge >= 0.3 is 6.36 Å². The van der Waals surface area contributed by atoms with E-state index < -0.39 is 6.36 Å². The third kappa shape index (κ3) is 5.47. The molecule has 2 aromatic rings. The van der Waals surface area contributed by atoms with Gasteiger partial charge in [0.05, 0.1) is 0 Å². The highest BCUT2D eigenvalue weighted by atomic mass is 19.4. The third-order valence-electron chi connectivity index (χ3n) is 4.93. The van der Waals surface area contributed by atoms with Gasteiger partial charge in [-0.1, -0.05) is 49.4 Å². The lowest BCUT2D eigenvalue weighted by molar-refractivity contribution is -0.274. The molecule has 1 aliphatic heterocycles. The Hall–Kier alpha value is -2.05. The molecule has 2 atom stereocenters. The van der Waals surface area contributed by atoms with Gasteiger partial charge in [0.1, 0.15) is 5.75 Å². The van der Waals surface area contributed by atoms with E-state index in [4.69, 9.17) is 0 Å². The van der Waals surface area contributed by atoms with Crippen LogP contribution in [-0.2, 0) is 13.0 Å². The second-order valence-corrected chi connectivity index (χ2v) is 6.82. The van der Waals surface area contributed by atoms with Crippen molar-refractivity contribution in [3.63, 3.8) is 0 Å². The fourth-order valence-electron chi connectivity index (χ4n) is 3.58. The van der Waals surface area contributed by atoms with Crippen molar-refractivity contribution in [2.45, 2.75) is 51.2 Å². The van der Waals surface area contributed by atoms with Crippen LogP contribution in [0.1, 0.15) is 42.5 Å². The summed E-state index contributed by atoms with van der Waals surface area (Å²) in [7, 11) is 0. The molecule has 1 heterocycles. The third-order valence-corrected chi connectivity index (χ3v) is 4.93. The van der Waals surface area contributed by atoms with Crippen molar-refractivity contribution in [3.05, 3.63) is 65.2 Å². The van der Waals surface area contributed by atoms with Crippen LogP contribution in [0.25, 0.3) is 0 Å². The highest BCUT2D eigenvalue weighted by molar-refractivity contribution is 5.37. The minimum Gasteiger partial charge on any atom is -0.405 e. The summed E-state index contributed by atoms with van der Waals surface area (Å²) in [6.07, 6.45) is -1.93. The summed E-state index contributed by atoms with van der Waals surface area (Å²) in [5.41, 5.74) is 2.70. The van der Waals surface area contributed by atoms with Crippen LogP contribution >= 0.6 is 0 Å². The van der Waals surface area contributed by atoms with Crippen molar-refractivity contribution in [1.29, 1.82) is 0 Å². The van der Waals surface area contributed by atoms with Gasteiger partial charge in [0, 0.05) is 24.2 Å². The van der Waals surface area contributed by atoms with Crippen LogP contribution in [0.5, 0.6) is 5.75 Å². The lowest BCUT2D eigenvalue weighted by atomic mass is 9.92. The molecule has 146 valence electrons. The highest BCUT2D eigenvalue weighted by Gasteiger charge is 2.32. The smallest absolute Gasteiger partial charge is 0.405 e. The Morgan fingerprint density at radius 2 is 1.93 bits per heavy atom. The second kappa shape index (κ2) is 8.76. The van der Waals surface area contributed by atoms with Crippen LogP contribution in [0.15, 0.2) is 48.5 Å². The number of halogens is 3. The molecule has 0 spiro atoms. The number of aryl methyl sites for hydroxylation is 1.